The van der Waals surface area contributed by atoms with Gasteiger partial charge in [0.1, 0.15) is 5.82 Å². The van der Waals surface area contributed by atoms with Crippen molar-refractivity contribution in [3.05, 3.63) is 30.6 Å². The Hall–Kier alpha value is -1.51. The Morgan fingerprint density at radius 3 is 3.08 bits per heavy atom. The molecule has 0 aromatic carbocycles. The van der Waals surface area contributed by atoms with Crippen LogP contribution < -0.4 is 11.1 Å². The summed E-state index contributed by atoms with van der Waals surface area (Å²) < 4.78 is 0. The van der Waals surface area contributed by atoms with Gasteiger partial charge in [0, 0.05) is 17.4 Å². The molecule has 0 radical (unpaired) electrons. The molecule has 0 bridgehead atoms. The van der Waals surface area contributed by atoms with Gasteiger partial charge in [0.15, 0.2) is 0 Å². The number of nitrogen functional groups attached to an aromatic ring is 1. The normalized spacial score (nSPS) is 9.42. The molecule has 0 spiro atoms. The number of hydrogen-bond donors (Lipinski definition) is 2. The number of pyridine rings is 1. The molecule has 0 atom stereocenters. The minimum Gasteiger partial charge on any atom is -0.383 e. The van der Waals surface area contributed by atoms with Crippen LogP contribution in [0.25, 0.3) is 0 Å². The third-order valence-corrected chi connectivity index (χ3v) is 1.70. The summed E-state index contributed by atoms with van der Waals surface area (Å²) >= 11 is 0. The van der Waals surface area contributed by atoms with E-state index in [-0.39, 0.29) is 0 Å². The Bertz CT molecular complexity index is 281. The summed E-state index contributed by atoms with van der Waals surface area (Å²) in [5.41, 5.74) is 7.70. The molecule has 0 unspecified atom stereocenters. The van der Waals surface area contributed by atoms with Gasteiger partial charge in [-0.2, -0.15) is 0 Å². The van der Waals surface area contributed by atoms with Crippen LogP contribution in [0.15, 0.2) is 25.0 Å². The lowest BCUT2D eigenvalue weighted by molar-refractivity contribution is 1.11. The van der Waals surface area contributed by atoms with Crippen molar-refractivity contribution in [2.75, 3.05) is 11.1 Å². The summed E-state index contributed by atoms with van der Waals surface area (Å²) in [6, 6.07) is 1.89. The molecule has 1 rings (SSSR count). The molecule has 0 amide bonds. The second-order valence-electron chi connectivity index (χ2n) is 2.42. The van der Waals surface area contributed by atoms with Crippen molar-refractivity contribution in [2.45, 2.75) is 13.3 Å². The highest BCUT2D eigenvalue weighted by atomic mass is 14.9. The summed E-state index contributed by atoms with van der Waals surface area (Å²) in [6.45, 7) is 5.63. The molecular weight excluding hydrogens is 150 g/mol. The van der Waals surface area contributed by atoms with Gasteiger partial charge < -0.3 is 11.1 Å². The lowest BCUT2D eigenvalue weighted by Gasteiger charge is -2.08. The van der Waals surface area contributed by atoms with Gasteiger partial charge in [-0.05, 0) is 18.7 Å². The molecule has 3 nitrogen and oxygen atoms in total. The lowest BCUT2D eigenvalue weighted by Crippen LogP contribution is -2.00. The third kappa shape index (κ3) is 1.56. The zero-order valence-electron chi connectivity index (χ0n) is 7.17. The van der Waals surface area contributed by atoms with Gasteiger partial charge in [0.2, 0.25) is 0 Å². The maximum absolute atomic E-state index is 5.68. The molecule has 1 aromatic rings. The first-order valence-corrected chi connectivity index (χ1v) is 3.90. The minimum atomic E-state index is 0.587. The smallest absolute Gasteiger partial charge is 0.128 e. The first kappa shape index (κ1) is 8.59. The zero-order chi connectivity index (χ0) is 8.97. The number of nitrogens with zero attached hydrogens (tertiary/aromatic N) is 1. The Morgan fingerprint density at radius 1 is 1.75 bits per heavy atom. The van der Waals surface area contributed by atoms with Crippen molar-refractivity contribution in [3.8, 4) is 0 Å². The summed E-state index contributed by atoms with van der Waals surface area (Å²) in [6.07, 6.45) is 4.18. The summed E-state index contributed by atoms with van der Waals surface area (Å²) in [7, 11) is 0. The van der Waals surface area contributed by atoms with Crippen LogP contribution in [-0.2, 0) is 6.42 Å². The van der Waals surface area contributed by atoms with Gasteiger partial charge in [0.25, 0.3) is 0 Å². The van der Waals surface area contributed by atoms with Crippen molar-refractivity contribution >= 4 is 11.5 Å². The Labute approximate surface area is 72.3 Å². The predicted octanol–water partition coefficient (Wildman–Crippen LogP) is 1.78. The molecule has 64 valence electrons. The molecule has 3 heteroatoms. The Balaban J connectivity index is 3.08. The Morgan fingerprint density at radius 2 is 2.50 bits per heavy atom. The molecule has 0 aliphatic carbocycles. The van der Waals surface area contributed by atoms with E-state index < -0.39 is 0 Å². The molecule has 1 heterocycles. The molecule has 1 aromatic heterocycles. The molecule has 0 aliphatic rings. The van der Waals surface area contributed by atoms with Crippen molar-refractivity contribution in [1.29, 1.82) is 0 Å². The molecule has 0 fully saturated rings. The van der Waals surface area contributed by atoms with Gasteiger partial charge in [-0.3, -0.25) is 0 Å². The number of nitrogens with one attached hydrogen (secondary N) is 1. The maximum atomic E-state index is 5.68. The average molecular weight is 163 g/mol. The quantitative estimate of drug-likeness (QED) is 0.714. The average Bonchev–Trinajstić information content (AvgIpc) is 2.05. The first-order valence-electron chi connectivity index (χ1n) is 3.90. The molecule has 0 saturated heterocycles. The van der Waals surface area contributed by atoms with Crippen LogP contribution in [0, 0.1) is 0 Å². The lowest BCUT2D eigenvalue weighted by atomic mass is 10.1. The van der Waals surface area contributed by atoms with Gasteiger partial charge in [-0.1, -0.05) is 13.5 Å². The Kier molecular flexibility index (Phi) is 2.69. The second kappa shape index (κ2) is 3.76. The third-order valence-electron chi connectivity index (χ3n) is 1.70. The fourth-order valence-corrected chi connectivity index (χ4v) is 1.13. The van der Waals surface area contributed by atoms with Crippen molar-refractivity contribution in [2.24, 2.45) is 0 Å². The van der Waals surface area contributed by atoms with Crippen LogP contribution in [0.2, 0.25) is 0 Å². The number of hydrogen-bond acceptors (Lipinski definition) is 3. The van der Waals surface area contributed by atoms with E-state index in [0.29, 0.717) is 5.82 Å². The summed E-state index contributed by atoms with van der Waals surface area (Å²) in [5, 5.41) is 3.01. The van der Waals surface area contributed by atoms with Crippen LogP contribution in [-0.4, -0.2) is 4.98 Å². The van der Waals surface area contributed by atoms with Gasteiger partial charge in [-0.25, -0.2) is 4.98 Å². The highest BCUT2D eigenvalue weighted by Crippen LogP contribution is 2.19. The monoisotopic (exact) mass is 163 g/mol. The largest absolute Gasteiger partial charge is 0.383 e. The molecule has 3 N–H and O–H groups in total. The summed E-state index contributed by atoms with van der Waals surface area (Å²) in [5.74, 6) is 0.587. The minimum absolute atomic E-state index is 0.587. The fourth-order valence-electron chi connectivity index (χ4n) is 1.13. The van der Waals surface area contributed by atoms with E-state index in [1.807, 2.05) is 13.0 Å². The van der Waals surface area contributed by atoms with Gasteiger partial charge in [0.05, 0.1) is 0 Å². The van der Waals surface area contributed by atoms with Crippen molar-refractivity contribution in [3.63, 3.8) is 0 Å². The van der Waals surface area contributed by atoms with E-state index in [4.69, 9.17) is 5.73 Å². The van der Waals surface area contributed by atoms with Gasteiger partial charge >= 0.3 is 0 Å². The molecule has 0 saturated carbocycles. The first-order chi connectivity index (χ1) is 5.79. The van der Waals surface area contributed by atoms with Crippen molar-refractivity contribution < 1.29 is 0 Å². The van der Waals surface area contributed by atoms with Crippen molar-refractivity contribution in [1.82, 2.24) is 4.98 Å². The van der Waals surface area contributed by atoms with Crippen LogP contribution in [0.4, 0.5) is 11.5 Å². The van der Waals surface area contributed by atoms with E-state index >= 15 is 0 Å². The SMILES string of the molecule is C=CNc1ccnc(N)c1CC. The van der Waals surface area contributed by atoms with Crippen LogP contribution in [0.1, 0.15) is 12.5 Å². The fraction of sp³-hybridized carbons (Fsp3) is 0.222. The van der Waals surface area contributed by atoms with E-state index in [2.05, 4.69) is 16.9 Å². The highest BCUT2D eigenvalue weighted by Gasteiger charge is 2.02. The number of rotatable bonds is 3. The standard InChI is InChI=1S/C9H13N3/c1-3-7-8(11-4-2)5-6-12-9(7)10/h4-6H,2-3H2,1H3,(H3,10,11,12). The van der Waals surface area contributed by atoms with Gasteiger partial charge in [-0.15, -0.1) is 0 Å². The second-order valence-corrected chi connectivity index (χ2v) is 2.42. The molecular formula is C9H13N3. The predicted molar refractivity (Wildman–Crippen MR) is 51.8 cm³/mol. The number of anilines is 2. The maximum Gasteiger partial charge on any atom is 0.128 e. The van der Waals surface area contributed by atoms with E-state index in [1.54, 1.807) is 12.4 Å². The highest BCUT2D eigenvalue weighted by molar-refractivity contribution is 5.60. The number of aromatic nitrogens is 1. The van der Waals surface area contributed by atoms with Crippen LogP contribution >= 0.6 is 0 Å². The van der Waals surface area contributed by atoms with E-state index in [9.17, 15) is 0 Å². The van der Waals surface area contributed by atoms with E-state index in [0.717, 1.165) is 17.7 Å². The zero-order valence-corrected chi connectivity index (χ0v) is 7.17. The van der Waals surface area contributed by atoms with Crippen LogP contribution in [0.5, 0.6) is 0 Å². The topological polar surface area (TPSA) is 50.9 Å². The molecule has 0 aliphatic heterocycles. The number of nitrogens with two attached hydrogens (primary N) is 1. The van der Waals surface area contributed by atoms with E-state index in [1.165, 1.54) is 0 Å². The van der Waals surface area contributed by atoms with Crippen LogP contribution in [0.3, 0.4) is 0 Å². The summed E-state index contributed by atoms with van der Waals surface area (Å²) in [4.78, 5) is 4.00. The molecule has 12 heavy (non-hydrogen) atoms.